The standard InChI is InChI=1S/C13H23N3O2S2/c1-10-13(20(17,18)15-6-7-16(2)3)8-12(19-10)9-14-11-4-5-11/h8,11,14-15H,4-7,9H2,1-3H3. The van der Waals surface area contributed by atoms with E-state index in [1.807, 2.05) is 25.9 Å². The summed E-state index contributed by atoms with van der Waals surface area (Å²) in [6, 6.07) is 2.43. The molecule has 1 heterocycles. The first-order valence-corrected chi connectivity index (χ1v) is 9.15. The van der Waals surface area contributed by atoms with Crippen LogP contribution in [0.5, 0.6) is 0 Å². The first kappa shape index (κ1) is 15.9. The summed E-state index contributed by atoms with van der Waals surface area (Å²) in [5.74, 6) is 0. The van der Waals surface area contributed by atoms with E-state index in [4.69, 9.17) is 0 Å². The largest absolute Gasteiger partial charge is 0.309 e. The number of sulfonamides is 1. The van der Waals surface area contributed by atoms with E-state index in [1.54, 1.807) is 17.4 Å². The van der Waals surface area contributed by atoms with Crippen molar-refractivity contribution in [2.75, 3.05) is 27.2 Å². The molecule has 0 radical (unpaired) electrons. The second-order valence-electron chi connectivity index (χ2n) is 5.49. The molecule has 0 bridgehead atoms. The molecule has 0 unspecified atom stereocenters. The maximum Gasteiger partial charge on any atom is 0.241 e. The monoisotopic (exact) mass is 317 g/mol. The van der Waals surface area contributed by atoms with Crippen molar-refractivity contribution in [1.29, 1.82) is 0 Å². The van der Waals surface area contributed by atoms with Crippen molar-refractivity contribution in [2.45, 2.75) is 37.2 Å². The Hall–Kier alpha value is -0.470. The molecule has 1 saturated carbocycles. The summed E-state index contributed by atoms with van der Waals surface area (Å²) in [7, 11) is 0.462. The second kappa shape index (κ2) is 6.53. The first-order chi connectivity index (χ1) is 9.38. The molecule has 0 aliphatic heterocycles. The van der Waals surface area contributed by atoms with Crippen LogP contribution in [0.2, 0.25) is 0 Å². The lowest BCUT2D eigenvalue weighted by Gasteiger charge is -2.10. The van der Waals surface area contributed by atoms with Gasteiger partial charge in [0.15, 0.2) is 0 Å². The molecule has 1 aromatic rings. The number of likely N-dealkylation sites (N-methyl/N-ethyl adjacent to an activating group) is 1. The van der Waals surface area contributed by atoms with E-state index in [2.05, 4.69) is 10.0 Å². The molecule has 1 aliphatic rings. The minimum Gasteiger partial charge on any atom is -0.309 e. The van der Waals surface area contributed by atoms with Gasteiger partial charge in [0.1, 0.15) is 0 Å². The summed E-state index contributed by atoms with van der Waals surface area (Å²) in [6.45, 7) is 3.76. The molecule has 1 aliphatic carbocycles. The highest BCUT2D eigenvalue weighted by atomic mass is 32.2. The Morgan fingerprint density at radius 3 is 2.70 bits per heavy atom. The van der Waals surface area contributed by atoms with Crippen LogP contribution in [0, 0.1) is 6.92 Å². The van der Waals surface area contributed by atoms with Gasteiger partial charge >= 0.3 is 0 Å². The summed E-state index contributed by atoms with van der Waals surface area (Å²) < 4.78 is 27.2. The molecule has 2 N–H and O–H groups in total. The molecule has 20 heavy (non-hydrogen) atoms. The Bertz CT molecular complexity index is 548. The fraction of sp³-hybridized carbons (Fsp3) is 0.692. The molecule has 0 aromatic carbocycles. The van der Waals surface area contributed by atoms with Crippen LogP contribution in [0.3, 0.4) is 0 Å². The van der Waals surface area contributed by atoms with Crippen LogP contribution in [-0.2, 0) is 16.6 Å². The summed E-state index contributed by atoms with van der Waals surface area (Å²) in [5.41, 5.74) is 0. The van der Waals surface area contributed by atoms with Gasteiger partial charge in [-0.05, 0) is 39.9 Å². The smallest absolute Gasteiger partial charge is 0.241 e. The lowest BCUT2D eigenvalue weighted by atomic mass is 10.4. The van der Waals surface area contributed by atoms with Crippen molar-refractivity contribution >= 4 is 21.4 Å². The highest BCUT2D eigenvalue weighted by Gasteiger charge is 2.22. The average Bonchev–Trinajstić information content (AvgIpc) is 3.08. The Labute approximate surface area is 125 Å². The van der Waals surface area contributed by atoms with Crippen LogP contribution in [0.15, 0.2) is 11.0 Å². The molecule has 1 aromatic heterocycles. The number of nitrogens with one attached hydrogen (secondary N) is 2. The zero-order chi connectivity index (χ0) is 14.8. The van der Waals surface area contributed by atoms with Gasteiger partial charge in [-0.1, -0.05) is 0 Å². The van der Waals surface area contributed by atoms with E-state index in [0.717, 1.165) is 16.3 Å². The molecular formula is C13H23N3O2S2. The minimum atomic E-state index is -3.38. The summed E-state index contributed by atoms with van der Waals surface area (Å²) in [5, 5.41) is 3.41. The first-order valence-electron chi connectivity index (χ1n) is 6.85. The summed E-state index contributed by atoms with van der Waals surface area (Å²) in [4.78, 5) is 4.32. The molecule has 0 atom stereocenters. The number of aryl methyl sites for hydroxylation is 1. The van der Waals surface area contributed by atoms with Crippen molar-refractivity contribution in [3.63, 3.8) is 0 Å². The summed E-state index contributed by atoms with van der Waals surface area (Å²) in [6.07, 6.45) is 2.48. The third-order valence-corrected chi connectivity index (χ3v) is 5.97. The van der Waals surface area contributed by atoms with Crippen molar-refractivity contribution in [1.82, 2.24) is 14.9 Å². The lowest BCUT2D eigenvalue weighted by Crippen LogP contribution is -2.31. The minimum absolute atomic E-state index is 0.425. The highest BCUT2D eigenvalue weighted by molar-refractivity contribution is 7.89. The molecule has 0 spiro atoms. The lowest BCUT2D eigenvalue weighted by molar-refractivity contribution is 0.412. The number of hydrogen-bond acceptors (Lipinski definition) is 5. The van der Waals surface area contributed by atoms with Crippen LogP contribution in [0.4, 0.5) is 0 Å². The molecule has 1 fully saturated rings. The fourth-order valence-electron chi connectivity index (χ4n) is 1.89. The molecular weight excluding hydrogens is 294 g/mol. The van der Waals surface area contributed by atoms with E-state index < -0.39 is 10.0 Å². The topological polar surface area (TPSA) is 61.4 Å². The van der Waals surface area contributed by atoms with Gasteiger partial charge < -0.3 is 10.2 Å². The molecule has 114 valence electrons. The predicted molar refractivity (Wildman–Crippen MR) is 82.7 cm³/mol. The van der Waals surface area contributed by atoms with Crippen LogP contribution in [0.1, 0.15) is 22.6 Å². The fourth-order valence-corrected chi connectivity index (χ4v) is 4.50. The van der Waals surface area contributed by atoms with Crippen molar-refractivity contribution < 1.29 is 8.42 Å². The Balaban J connectivity index is 1.98. The van der Waals surface area contributed by atoms with E-state index in [-0.39, 0.29) is 0 Å². The van der Waals surface area contributed by atoms with Crippen molar-refractivity contribution in [3.8, 4) is 0 Å². The van der Waals surface area contributed by atoms with Crippen LogP contribution in [0.25, 0.3) is 0 Å². The van der Waals surface area contributed by atoms with E-state index in [1.165, 1.54) is 12.8 Å². The predicted octanol–water partition coefficient (Wildman–Crippen LogP) is 1.15. The van der Waals surface area contributed by atoms with E-state index in [9.17, 15) is 8.42 Å². The molecule has 5 nitrogen and oxygen atoms in total. The third-order valence-electron chi connectivity index (χ3n) is 3.21. The maximum absolute atomic E-state index is 12.3. The molecule has 7 heteroatoms. The van der Waals surface area contributed by atoms with Crippen molar-refractivity contribution in [3.05, 3.63) is 15.8 Å². The number of hydrogen-bond donors (Lipinski definition) is 2. The Morgan fingerprint density at radius 2 is 2.10 bits per heavy atom. The average molecular weight is 317 g/mol. The Kier molecular flexibility index (Phi) is 5.19. The zero-order valence-electron chi connectivity index (χ0n) is 12.3. The number of thiophene rings is 1. The van der Waals surface area contributed by atoms with Crippen molar-refractivity contribution in [2.24, 2.45) is 0 Å². The van der Waals surface area contributed by atoms with Gasteiger partial charge in [0.25, 0.3) is 0 Å². The van der Waals surface area contributed by atoms with Crippen LogP contribution >= 0.6 is 11.3 Å². The SMILES string of the molecule is Cc1sc(CNC2CC2)cc1S(=O)(=O)NCCN(C)C. The van der Waals surface area contributed by atoms with Crippen LogP contribution in [-0.4, -0.2) is 46.5 Å². The van der Waals surface area contributed by atoms with Gasteiger partial charge in [0.2, 0.25) is 10.0 Å². The van der Waals surface area contributed by atoms with Gasteiger partial charge in [-0.25, -0.2) is 13.1 Å². The van der Waals surface area contributed by atoms with Crippen LogP contribution < -0.4 is 10.0 Å². The van der Waals surface area contributed by atoms with Gasteiger partial charge in [-0.2, -0.15) is 0 Å². The van der Waals surface area contributed by atoms with Gasteiger partial charge in [-0.15, -0.1) is 11.3 Å². The highest BCUT2D eigenvalue weighted by Crippen LogP contribution is 2.27. The quantitative estimate of drug-likeness (QED) is 0.755. The van der Waals surface area contributed by atoms with E-state index >= 15 is 0 Å². The molecule has 0 saturated heterocycles. The summed E-state index contributed by atoms with van der Waals surface area (Å²) >= 11 is 1.56. The molecule has 2 rings (SSSR count). The van der Waals surface area contributed by atoms with Gasteiger partial charge in [-0.3, -0.25) is 0 Å². The Morgan fingerprint density at radius 1 is 1.40 bits per heavy atom. The zero-order valence-corrected chi connectivity index (χ0v) is 13.9. The van der Waals surface area contributed by atoms with Gasteiger partial charge in [0.05, 0.1) is 4.90 Å². The maximum atomic E-state index is 12.3. The second-order valence-corrected chi connectivity index (χ2v) is 8.57. The normalized spacial score (nSPS) is 16.0. The number of nitrogens with zero attached hydrogens (tertiary/aromatic N) is 1. The van der Waals surface area contributed by atoms with E-state index in [0.29, 0.717) is 24.0 Å². The number of rotatable bonds is 8. The van der Waals surface area contributed by atoms with Gasteiger partial charge in [0, 0.05) is 35.4 Å². The third kappa shape index (κ3) is 4.53. The molecule has 0 amide bonds.